The molecule has 0 unspecified atom stereocenters. The second-order valence-corrected chi connectivity index (χ2v) is 6.42. The van der Waals surface area contributed by atoms with Gasteiger partial charge in [-0.05, 0) is 35.4 Å². The first-order chi connectivity index (χ1) is 12.2. The molecule has 0 spiro atoms. The van der Waals surface area contributed by atoms with Crippen LogP contribution >= 0.6 is 11.8 Å². The third-order valence-electron chi connectivity index (χ3n) is 3.59. The first kappa shape index (κ1) is 17.1. The van der Waals surface area contributed by atoms with Crippen LogP contribution in [0.3, 0.4) is 0 Å². The Morgan fingerprint density at radius 2 is 1.60 bits per heavy atom. The maximum Gasteiger partial charge on any atom is 0.233 e. The van der Waals surface area contributed by atoms with Crippen LogP contribution in [0.5, 0.6) is 0 Å². The average molecular weight is 354 g/mol. The molecule has 0 atom stereocenters. The van der Waals surface area contributed by atoms with Gasteiger partial charge in [-0.2, -0.15) is 0 Å². The molecule has 8 heteroatoms. The lowest BCUT2D eigenvalue weighted by Crippen LogP contribution is -2.31. The average Bonchev–Trinajstić information content (AvgIpc) is 3.06. The van der Waals surface area contributed by atoms with Crippen molar-refractivity contribution in [2.24, 2.45) is 7.05 Å². The predicted molar refractivity (Wildman–Crippen MR) is 94.5 cm³/mol. The third-order valence-corrected chi connectivity index (χ3v) is 4.61. The summed E-state index contributed by atoms with van der Waals surface area (Å²) in [5, 5.41) is 8.56. The Bertz CT molecular complexity index is 767. The van der Waals surface area contributed by atoms with Crippen molar-refractivity contribution in [1.29, 1.82) is 0 Å². The normalized spacial score (nSPS) is 10.6. The molecule has 0 aliphatic rings. The summed E-state index contributed by atoms with van der Waals surface area (Å²) in [6, 6.07) is 7.68. The van der Waals surface area contributed by atoms with Gasteiger partial charge in [0.05, 0.1) is 5.75 Å². The van der Waals surface area contributed by atoms with E-state index in [1.54, 1.807) is 35.7 Å². The molecule has 3 heterocycles. The highest BCUT2D eigenvalue weighted by Gasteiger charge is 2.16. The van der Waals surface area contributed by atoms with Crippen molar-refractivity contribution in [3.05, 3.63) is 66.5 Å². The molecule has 0 N–H and O–H groups in total. The molecule has 0 radical (unpaired) electrons. The number of aromatic nitrogens is 5. The monoisotopic (exact) mass is 354 g/mol. The molecule has 7 nitrogen and oxygen atoms in total. The standard InChI is InChI=1S/C17H18N6OS/c1-22-13-20-21-17(22)25-12-16(24)23(10-14-2-6-18-7-3-14)11-15-4-8-19-9-5-15/h2-9,13H,10-12H2,1H3. The van der Waals surface area contributed by atoms with Crippen molar-refractivity contribution >= 4 is 17.7 Å². The fraction of sp³-hybridized carbons (Fsp3) is 0.235. The van der Waals surface area contributed by atoms with Crippen LogP contribution in [0.15, 0.2) is 60.5 Å². The Hall–Kier alpha value is -2.74. The van der Waals surface area contributed by atoms with Crippen LogP contribution in [0.2, 0.25) is 0 Å². The predicted octanol–water partition coefficient (Wildman–Crippen LogP) is 1.93. The summed E-state index contributed by atoms with van der Waals surface area (Å²) in [6.07, 6.45) is 8.56. The zero-order valence-corrected chi connectivity index (χ0v) is 14.6. The summed E-state index contributed by atoms with van der Waals surface area (Å²) in [7, 11) is 1.86. The minimum Gasteiger partial charge on any atom is -0.333 e. The highest BCUT2D eigenvalue weighted by atomic mass is 32.2. The Morgan fingerprint density at radius 3 is 2.08 bits per heavy atom. The highest BCUT2D eigenvalue weighted by Crippen LogP contribution is 2.16. The van der Waals surface area contributed by atoms with Crippen LogP contribution in [-0.4, -0.2) is 41.3 Å². The molecule has 0 aliphatic heterocycles. The molecule has 3 rings (SSSR count). The second kappa shape index (κ2) is 8.39. The molecule has 0 fully saturated rings. The van der Waals surface area contributed by atoms with Crippen molar-refractivity contribution in [3.8, 4) is 0 Å². The van der Waals surface area contributed by atoms with E-state index in [4.69, 9.17) is 0 Å². The Labute approximate surface area is 150 Å². The smallest absolute Gasteiger partial charge is 0.233 e. The molecule has 1 amide bonds. The van der Waals surface area contributed by atoms with E-state index in [9.17, 15) is 4.79 Å². The van der Waals surface area contributed by atoms with E-state index in [-0.39, 0.29) is 5.91 Å². The molecule has 0 bridgehead atoms. The van der Waals surface area contributed by atoms with Crippen molar-refractivity contribution in [1.82, 2.24) is 29.6 Å². The van der Waals surface area contributed by atoms with E-state index in [1.807, 2.05) is 36.2 Å². The summed E-state index contributed by atoms with van der Waals surface area (Å²) in [4.78, 5) is 22.7. The van der Waals surface area contributed by atoms with Crippen LogP contribution in [-0.2, 0) is 24.9 Å². The van der Waals surface area contributed by atoms with Crippen LogP contribution in [0.4, 0.5) is 0 Å². The van der Waals surface area contributed by atoms with Gasteiger partial charge in [-0.3, -0.25) is 14.8 Å². The molecule has 0 saturated carbocycles. The van der Waals surface area contributed by atoms with E-state index in [1.165, 1.54) is 11.8 Å². The Kier molecular flexibility index (Phi) is 5.73. The summed E-state index contributed by atoms with van der Waals surface area (Å²) in [6.45, 7) is 1.06. The number of carbonyl (C=O) groups excluding carboxylic acids is 1. The van der Waals surface area contributed by atoms with Crippen molar-refractivity contribution < 1.29 is 4.79 Å². The van der Waals surface area contributed by atoms with Gasteiger partial charge in [-0.25, -0.2) is 0 Å². The van der Waals surface area contributed by atoms with Gasteiger partial charge in [-0.1, -0.05) is 11.8 Å². The Balaban J connectivity index is 1.70. The van der Waals surface area contributed by atoms with E-state index >= 15 is 0 Å². The van der Waals surface area contributed by atoms with Crippen molar-refractivity contribution in [2.45, 2.75) is 18.2 Å². The zero-order valence-electron chi connectivity index (χ0n) is 13.8. The SMILES string of the molecule is Cn1cnnc1SCC(=O)N(Cc1ccncc1)Cc1ccncc1. The maximum atomic E-state index is 12.8. The van der Waals surface area contributed by atoms with Gasteiger partial charge in [0.2, 0.25) is 5.91 Å². The van der Waals surface area contributed by atoms with Crippen molar-refractivity contribution in [3.63, 3.8) is 0 Å². The molecule has 3 aromatic heterocycles. The van der Waals surface area contributed by atoms with E-state index < -0.39 is 0 Å². The molecular weight excluding hydrogens is 336 g/mol. The van der Waals surface area contributed by atoms with Gasteiger partial charge in [0.1, 0.15) is 6.33 Å². The maximum absolute atomic E-state index is 12.8. The second-order valence-electron chi connectivity index (χ2n) is 5.47. The lowest BCUT2D eigenvalue weighted by atomic mass is 10.2. The van der Waals surface area contributed by atoms with Gasteiger partial charge >= 0.3 is 0 Å². The molecule has 0 aliphatic carbocycles. The van der Waals surface area contributed by atoms with Gasteiger partial charge < -0.3 is 9.47 Å². The molecule has 25 heavy (non-hydrogen) atoms. The van der Waals surface area contributed by atoms with Crippen LogP contribution in [0.1, 0.15) is 11.1 Å². The molecule has 3 aromatic rings. The molecular formula is C17H18N6OS. The number of nitrogens with zero attached hydrogens (tertiary/aromatic N) is 6. The highest BCUT2D eigenvalue weighted by molar-refractivity contribution is 7.99. The lowest BCUT2D eigenvalue weighted by molar-refractivity contribution is -0.129. The van der Waals surface area contributed by atoms with Crippen molar-refractivity contribution in [2.75, 3.05) is 5.75 Å². The Morgan fingerprint density at radius 1 is 1.04 bits per heavy atom. The van der Waals surface area contributed by atoms with E-state index in [0.29, 0.717) is 18.8 Å². The minimum absolute atomic E-state index is 0.0432. The quantitative estimate of drug-likeness (QED) is 0.604. The number of hydrogen-bond acceptors (Lipinski definition) is 6. The topological polar surface area (TPSA) is 76.8 Å². The van der Waals surface area contributed by atoms with Crippen LogP contribution in [0.25, 0.3) is 0 Å². The number of hydrogen-bond donors (Lipinski definition) is 0. The summed E-state index contributed by atoms with van der Waals surface area (Å²) in [5.74, 6) is 0.351. The minimum atomic E-state index is 0.0432. The lowest BCUT2D eigenvalue weighted by Gasteiger charge is -2.23. The first-order valence-electron chi connectivity index (χ1n) is 7.75. The van der Waals surface area contributed by atoms with Gasteiger partial charge in [0, 0.05) is 44.9 Å². The summed E-state index contributed by atoms with van der Waals surface area (Å²) >= 11 is 1.38. The number of rotatable bonds is 7. The molecule has 0 aromatic carbocycles. The van der Waals surface area contributed by atoms with Crippen LogP contribution < -0.4 is 0 Å². The third kappa shape index (κ3) is 4.87. The zero-order chi connectivity index (χ0) is 17.5. The fourth-order valence-electron chi connectivity index (χ4n) is 2.27. The number of thioether (sulfide) groups is 1. The number of amides is 1. The van der Waals surface area contributed by atoms with E-state index in [0.717, 1.165) is 16.3 Å². The van der Waals surface area contributed by atoms with Gasteiger partial charge in [0.15, 0.2) is 5.16 Å². The first-order valence-corrected chi connectivity index (χ1v) is 8.73. The fourth-order valence-corrected chi connectivity index (χ4v) is 3.06. The molecule has 0 saturated heterocycles. The van der Waals surface area contributed by atoms with Gasteiger partial charge in [0.25, 0.3) is 0 Å². The van der Waals surface area contributed by atoms with Crippen LogP contribution in [0, 0.1) is 0 Å². The summed E-state index contributed by atoms with van der Waals surface area (Å²) in [5.41, 5.74) is 2.09. The number of pyridine rings is 2. The number of aryl methyl sites for hydroxylation is 1. The van der Waals surface area contributed by atoms with Gasteiger partial charge in [-0.15, -0.1) is 10.2 Å². The summed E-state index contributed by atoms with van der Waals surface area (Å²) < 4.78 is 1.80. The van der Waals surface area contributed by atoms with E-state index in [2.05, 4.69) is 20.2 Å². The molecule has 128 valence electrons. The number of carbonyl (C=O) groups is 1. The largest absolute Gasteiger partial charge is 0.333 e.